The van der Waals surface area contributed by atoms with Gasteiger partial charge < -0.3 is 10.1 Å². The Balaban J connectivity index is 2.04. The maximum Gasteiger partial charge on any atom is 0.260 e. The molecule has 1 amide bonds. The third-order valence-electron chi connectivity index (χ3n) is 4.14. The van der Waals surface area contributed by atoms with Gasteiger partial charge in [0, 0.05) is 19.1 Å². The normalized spacial score (nSPS) is 17.8. The van der Waals surface area contributed by atoms with Crippen molar-refractivity contribution in [1.82, 2.24) is 9.62 Å². The third-order valence-corrected chi connectivity index (χ3v) is 6.05. The lowest BCUT2D eigenvalue weighted by Crippen LogP contribution is -2.40. The average molecular weight is 368 g/mol. The molecular formula is C18H28N2O4S. The summed E-state index contributed by atoms with van der Waals surface area (Å²) in [5, 5.41) is 2.78. The van der Waals surface area contributed by atoms with Crippen LogP contribution in [0.4, 0.5) is 0 Å². The van der Waals surface area contributed by atoms with E-state index in [1.54, 1.807) is 35.5 Å². The lowest BCUT2D eigenvalue weighted by atomic mass is 10.2. The first-order chi connectivity index (χ1) is 11.8. The van der Waals surface area contributed by atoms with Gasteiger partial charge in [-0.05, 0) is 57.9 Å². The van der Waals surface area contributed by atoms with Crippen LogP contribution >= 0.6 is 0 Å². The SMILES string of the molecule is CC(C)NC(=O)[C@H](C)Oc1ccc(S(=O)(=O)N2CCCCCC2)cc1. The highest BCUT2D eigenvalue weighted by Gasteiger charge is 2.25. The first-order valence-corrected chi connectivity index (χ1v) is 10.3. The van der Waals surface area contributed by atoms with Crippen LogP contribution in [0.3, 0.4) is 0 Å². The van der Waals surface area contributed by atoms with Gasteiger partial charge in [-0.2, -0.15) is 4.31 Å². The molecular weight excluding hydrogens is 340 g/mol. The zero-order valence-corrected chi connectivity index (χ0v) is 16.0. The van der Waals surface area contributed by atoms with Gasteiger partial charge in [-0.3, -0.25) is 4.79 Å². The van der Waals surface area contributed by atoms with Gasteiger partial charge in [0.2, 0.25) is 10.0 Å². The summed E-state index contributed by atoms with van der Waals surface area (Å²) in [7, 11) is -3.46. The van der Waals surface area contributed by atoms with Gasteiger partial charge in [-0.25, -0.2) is 8.42 Å². The first-order valence-electron chi connectivity index (χ1n) is 8.88. The smallest absolute Gasteiger partial charge is 0.260 e. The van der Waals surface area contributed by atoms with Crippen molar-refractivity contribution in [2.24, 2.45) is 0 Å². The number of hydrogen-bond donors (Lipinski definition) is 1. The van der Waals surface area contributed by atoms with E-state index < -0.39 is 16.1 Å². The van der Waals surface area contributed by atoms with Crippen LogP contribution in [-0.2, 0) is 14.8 Å². The highest BCUT2D eigenvalue weighted by molar-refractivity contribution is 7.89. The number of carbonyl (C=O) groups excluding carboxylic acids is 1. The molecule has 0 aliphatic carbocycles. The van der Waals surface area contributed by atoms with E-state index >= 15 is 0 Å². The minimum absolute atomic E-state index is 0.0414. The summed E-state index contributed by atoms with van der Waals surface area (Å²) in [4.78, 5) is 12.1. The molecule has 2 rings (SSSR count). The molecule has 0 radical (unpaired) electrons. The first kappa shape index (κ1) is 19.7. The molecule has 1 heterocycles. The zero-order valence-electron chi connectivity index (χ0n) is 15.2. The van der Waals surface area contributed by atoms with Gasteiger partial charge in [0.25, 0.3) is 5.91 Å². The molecule has 0 aromatic heterocycles. The number of benzene rings is 1. The largest absolute Gasteiger partial charge is 0.481 e. The lowest BCUT2D eigenvalue weighted by Gasteiger charge is -2.20. The Morgan fingerprint density at radius 2 is 1.60 bits per heavy atom. The van der Waals surface area contributed by atoms with E-state index in [1.807, 2.05) is 13.8 Å². The molecule has 0 spiro atoms. The molecule has 1 aromatic carbocycles. The summed E-state index contributed by atoms with van der Waals surface area (Å²) >= 11 is 0. The van der Waals surface area contributed by atoms with Crippen molar-refractivity contribution < 1.29 is 17.9 Å². The van der Waals surface area contributed by atoms with Crippen LogP contribution in [0.25, 0.3) is 0 Å². The van der Waals surface area contributed by atoms with E-state index in [0.717, 1.165) is 25.7 Å². The van der Waals surface area contributed by atoms with Gasteiger partial charge in [-0.15, -0.1) is 0 Å². The number of hydrogen-bond acceptors (Lipinski definition) is 4. The molecule has 7 heteroatoms. The fourth-order valence-electron chi connectivity index (χ4n) is 2.78. The van der Waals surface area contributed by atoms with Crippen LogP contribution < -0.4 is 10.1 Å². The summed E-state index contributed by atoms with van der Waals surface area (Å²) in [6, 6.07) is 6.33. The predicted molar refractivity (Wildman–Crippen MR) is 97.0 cm³/mol. The van der Waals surface area contributed by atoms with Crippen LogP contribution in [0.5, 0.6) is 5.75 Å². The molecule has 6 nitrogen and oxygen atoms in total. The Bertz CT molecular complexity index is 663. The fourth-order valence-corrected chi connectivity index (χ4v) is 4.30. The molecule has 1 aliphatic heterocycles. The van der Waals surface area contributed by atoms with Crippen molar-refractivity contribution in [3.05, 3.63) is 24.3 Å². The number of nitrogens with zero attached hydrogens (tertiary/aromatic N) is 1. The van der Waals surface area contributed by atoms with Crippen LogP contribution in [0.2, 0.25) is 0 Å². The topological polar surface area (TPSA) is 75.7 Å². The minimum atomic E-state index is -3.46. The van der Waals surface area contributed by atoms with Crippen LogP contribution in [0.1, 0.15) is 46.5 Å². The molecule has 1 N–H and O–H groups in total. The Hall–Kier alpha value is -1.60. The molecule has 1 aliphatic rings. The van der Waals surface area contributed by atoms with Gasteiger partial charge in [0.15, 0.2) is 6.10 Å². The number of nitrogens with one attached hydrogen (secondary N) is 1. The van der Waals surface area contributed by atoms with Crippen LogP contribution in [-0.4, -0.2) is 43.9 Å². The average Bonchev–Trinajstić information content (AvgIpc) is 2.84. The maximum atomic E-state index is 12.7. The quantitative estimate of drug-likeness (QED) is 0.837. The number of ether oxygens (including phenoxy) is 1. The summed E-state index contributed by atoms with van der Waals surface area (Å²) in [5.41, 5.74) is 0. The van der Waals surface area contributed by atoms with E-state index in [2.05, 4.69) is 5.32 Å². The molecule has 1 saturated heterocycles. The number of sulfonamides is 1. The Labute approximate surface area is 150 Å². The molecule has 1 aromatic rings. The van der Waals surface area contributed by atoms with E-state index in [0.29, 0.717) is 18.8 Å². The van der Waals surface area contributed by atoms with Crippen molar-refractivity contribution >= 4 is 15.9 Å². The molecule has 0 saturated carbocycles. The summed E-state index contributed by atoms with van der Waals surface area (Å²) in [6.07, 6.45) is 3.33. The molecule has 1 fully saturated rings. The standard InChI is InChI=1S/C18H28N2O4S/c1-14(2)19-18(21)15(3)24-16-8-10-17(11-9-16)25(22,23)20-12-6-4-5-7-13-20/h8-11,14-15H,4-7,12-13H2,1-3H3,(H,19,21)/t15-/m0/s1. The summed E-state index contributed by atoms with van der Waals surface area (Å²) in [5.74, 6) is 0.275. The molecule has 25 heavy (non-hydrogen) atoms. The van der Waals surface area contributed by atoms with Gasteiger partial charge in [-0.1, -0.05) is 12.8 Å². The summed E-state index contributed by atoms with van der Waals surface area (Å²) in [6.45, 7) is 6.58. The highest BCUT2D eigenvalue weighted by atomic mass is 32.2. The van der Waals surface area contributed by atoms with Crippen LogP contribution in [0, 0.1) is 0 Å². The Morgan fingerprint density at radius 1 is 1.04 bits per heavy atom. The van der Waals surface area contributed by atoms with Crippen molar-refractivity contribution in [2.75, 3.05) is 13.1 Å². The molecule has 140 valence electrons. The number of carbonyl (C=O) groups is 1. The molecule has 0 unspecified atom stereocenters. The maximum absolute atomic E-state index is 12.7. The van der Waals surface area contributed by atoms with E-state index in [1.165, 1.54) is 0 Å². The van der Waals surface area contributed by atoms with E-state index in [9.17, 15) is 13.2 Å². The minimum Gasteiger partial charge on any atom is -0.481 e. The van der Waals surface area contributed by atoms with Gasteiger partial charge >= 0.3 is 0 Å². The Morgan fingerprint density at radius 3 is 2.12 bits per heavy atom. The summed E-state index contributed by atoms with van der Waals surface area (Å²) < 4.78 is 32.6. The van der Waals surface area contributed by atoms with Crippen molar-refractivity contribution in [1.29, 1.82) is 0 Å². The van der Waals surface area contributed by atoms with E-state index in [-0.39, 0.29) is 16.8 Å². The highest BCUT2D eigenvalue weighted by Crippen LogP contribution is 2.23. The van der Waals surface area contributed by atoms with Crippen molar-refractivity contribution in [3.63, 3.8) is 0 Å². The van der Waals surface area contributed by atoms with Gasteiger partial charge in [0.05, 0.1) is 4.90 Å². The second-order valence-corrected chi connectivity index (χ2v) is 8.65. The predicted octanol–water partition coefficient (Wildman–Crippen LogP) is 2.54. The van der Waals surface area contributed by atoms with Crippen LogP contribution in [0.15, 0.2) is 29.2 Å². The second kappa shape index (κ2) is 8.67. The fraction of sp³-hybridized carbons (Fsp3) is 0.611. The van der Waals surface area contributed by atoms with Crippen molar-refractivity contribution in [3.8, 4) is 5.75 Å². The number of rotatable bonds is 6. The monoisotopic (exact) mass is 368 g/mol. The number of amides is 1. The van der Waals surface area contributed by atoms with E-state index in [4.69, 9.17) is 4.74 Å². The molecule has 0 bridgehead atoms. The third kappa shape index (κ3) is 5.44. The Kier molecular flexibility index (Phi) is 6.84. The molecule has 1 atom stereocenters. The second-order valence-electron chi connectivity index (χ2n) is 6.71. The van der Waals surface area contributed by atoms with Gasteiger partial charge in [0.1, 0.15) is 5.75 Å². The van der Waals surface area contributed by atoms with Crippen molar-refractivity contribution in [2.45, 2.75) is 63.5 Å². The lowest BCUT2D eigenvalue weighted by molar-refractivity contribution is -0.127. The zero-order chi connectivity index (χ0) is 18.4.